The van der Waals surface area contributed by atoms with E-state index in [2.05, 4.69) is 164 Å². The van der Waals surface area contributed by atoms with Crippen molar-refractivity contribution < 1.29 is 1.37 Å². The zero-order chi connectivity index (χ0) is 28.6. The summed E-state index contributed by atoms with van der Waals surface area (Å²) < 4.78 is 11.0. The minimum atomic E-state index is -0.500. The number of hydrogen-bond donors (Lipinski definition) is 0. The van der Waals surface area contributed by atoms with Crippen LogP contribution in [0.25, 0.3) is 66.1 Å². The highest BCUT2D eigenvalue weighted by atomic mass is 31.0. The summed E-state index contributed by atoms with van der Waals surface area (Å²) in [6, 6.07) is 51.9. The molecule has 4 heteroatoms. The summed E-state index contributed by atoms with van der Waals surface area (Å²) in [7, 11) is 6.84. The molecule has 2 atom stereocenters. The van der Waals surface area contributed by atoms with Crippen LogP contribution in [0.2, 0.25) is 0 Å². The third kappa shape index (κ3) is 4.34. The molecule has 194 valence electrons. The fourth-order valence-corrected chi connectivity index (χ4v) is 6.01. The van der Waals surface area contributed by atoms with Crippen molar-refractivity contribution in [3.63, 3.8) is 0 Å². The number of rotatable bonds is 3. The van der Waals surface area contributed by atoms with Gasteiger partial charge in [0.1, 0.15) is 0 Å². The molecule has 0 saturated heterocycles. The number of hydrogen-bond acceptors (Lipinski definition) is 0. The molecule has 41 heavy (non-hydrogen) atoms. The van der Waals surface area contributed by atoms with Crippen LogP contribution in [0.5, 0.6) is 0 Å². The first kappa shape index (κ1) is 24.2. The molecule has 0 spiro atoms. The molecule has 2 nitrogen and oxygen atoms in total. The van der Waals surface area contributed by atoms with E-state index >= 15 is 0 Å². The van der Waals surface area contributed by atoms with E-state index in [0.29, 0.717) is 0 Å². The Labute approximate surface area is 244 Å². The van der Waals surface area contributed by atoms with Crippen LogP contribution in [0.4, 0.5) is 0 Å². The third-order valence-corrected chi connectivity index (χ3v) is 7.74. The van der Waals surface area contributed by atoms with E-state index in [1.807, 2.05) is 0 Å². The largest absolute Gasteiger partial charge is 0.309 e. The number of benzene rings is 6. The Kier molecular flexibility index (Phi) is 6.36. The summed E-state index contributed by atoms with van der Waals surface area (Å²) in [6.07, 6.45) is 0. The molecule has 0 saturated carbocycles. The third-order valence-electron chi connectivity index (χ3n) is 7.74. The van der Waals surface area contributed by atoms with Crippen molar-refractivity contribution in [2.75, 3.05) is 6.04 Å². The van der Waals surface area contributed by atoms with Crippen LogP contribution in [0.1, 0.15) is 1.37 Å². The van der Waals surface area contributed by atoms with Crippen LogP contribution in [0.3, 0.4) is 0 Å². The molecule has 2 radical (unpaired) electrons. The molecule has 8 aromatic rings. The highest BCUT2D eigenvalue weighted by Crippen LogP contribution is 2.34. The number of aromatic nitrogens is 2. The molecule has 0 aliphatic rings. The lowest BCUT2D eigenvalue weighted by Crippen LogP contribution is -1.94. The van der Waals surface area contributed by atoms with E-state index in [1.54, 1.807) is 0 Å². The molecule has 2 unspecified atom stereocenters. The van der Waals surface area contributed by atoms with Gasteiger partial charge in [-0.3, -0.25) is 0 Å². The van der Waals surface area contributed by atoms with Crippen molar-refractivity contribution in [1.82, 2.24) is 9.13 Å². The van der Waals surface area contributed by atoms with Gasteiger partial charge in [-0.2, -0.15) is 0 Å². The molecular weight excluding hydrogens is 514 g/mol. The Morgan fingerprint density at radius 2 is 0.683 bits per heavy atom. The van der Waals surface area contributed by atoms with Gasteiger partial charge < -0.3 is 9.13 Å². The number of nitrogens with zero attached hydrogens (tertiary/aromatic N) is 2. The molecule has 0 bridgehead atoms. The van der Waals surface area contributed by atoms with Gasteiger partial charge in [0.2, 0.25) is 0 Å². The number of para-hydroxylation sites is 4. The summed E-state index contributed by atoms with van der Waals surface area (Å²) in [5, 5.41) is 5.14. The summed E-state index contributed by atoms with van der Waals surface area (Å²) in [6.45, 7) is 0. The molecule has 2 heterocycles. The lowest BCUT2D eigenvalue weighted by atomic mass is 10.0. The van der Waals surface area contributed by atoms with Gasteiger partial charge in [0.05, 0.1) is 29.9 Å². The second-order valence-electron chi connectivity index (χ2n) is 10.0. The Hall–Kier alpha value is -4.59. The van der Waals surface area contributed by atoms with Gasteiger partial charge in [0.15, 0.2) is 0 Å². The number of fused-ring (bicyclic) bond motifs is 6. The molecule has 0 fully saturated rings. The predicted octanol–water partition coefficient (Wildman–Crippen LogP) is 9.54. The van der Waals surface area contributed by atoms with Crippen LogP contribution >= 0.6 is 9.24 Å². The molecular formula is C37H28BN2P. The molecule has 0 aliphatic heterocycles. The first-order chi connectivity index (χ1) is 20.6. The average Bonchev–Trinajstić information content (AvgIpc) is 3.54. The van der Waals surface area contributed by atoms with Crippen molar-refractivity contribution in [3.05, 3.63) is 146 Å². The quantitative estimate of drug-likeness (QED) is 0.155. The fraction of sp³-hybridized carbons (Fsp3) is 0.0270. The highest BCUT2D eigenvalue weighted by Gasteiger charge is 2.13. The lowest BCUT2D eigenvalue weighted by Gasteiger charge is -2.11. The van der Waals surface area contributed by atoms with Crippen LogP contribution in [-0.4, -0.2) is 23.0 Å². The van der Waals surface area contributed by atoms with Crippen LogP contribution in [-0.2, 0) is 0 Å². The maximum Gasteiger partial charge on any atom is 0.0709 e. The maximum absolute atomic E-state index is 6.32. The standard InChI is InChI=1S/C36H24N2.CH4BP/c1-5-13-33-29(9-1)30-10-2-6-14-34(30)37(33)27-21-17-25(18-22-27)26-19-23-28(24-20-26)38-35-15-7-3-11-31(35)32-12-4-8-16-36(32)38;2-1-3/h1-24H;1,3H2/i;1D. The summed E-state index contributed by atoms with van der Waals surface area (Å²) in [4.78, 5) is 0. The fourth-order valence-electron chi connectivity index (χ4n) is 6.01. The molecule has 0 aliphatic carbocycles. The van der Waals surface area contributed by atoms with E-state index in [1.165, 1.54) is 66.1 Å². The SMILES string of the molecule is [2H]C([B])P.c1ccc2c(c1)c1ccccc1n2-c1ccc(-c2ccc(-n3c4ccccc4c4ccccc43)cc2)cc1. The first-order valence-electron chi connectivity index (χ1n) is 14.3. The Balaban J connectivity index is 0.000000680. The van der Waals surface area contributed by atoms with Crippen LogP contribution in [0.15, 0.2) is 146 Å². The minimum Gasteiger partial charge on any atom is -0.309 e. The molecule has 8 rings (SSSR count). The normalized spacial score (nSPS) is 12.4. The monoisotopic (exact) mass is 543 g/mol. The zero-order valence-electron chi connectivity index (χ0n) is 23.5. The summed E-state index contributed by atoms with van der Waals surface area (Å²) in [5.41, 5.74) is 9.70. The Morgan fingerprint density at radius 3 is 0.951 bits per heavy atom. The van der Waals surface area contributed by atoms with Crippen LogP contribution < -0.4 is 0 Å². The highest BCUT2D eigenvalue weighted by molar-refractivity contribution is 7.19. The van der Waals surface area contributed by atoms with Gasteiger partial charge in [-0.05, 0) is 59.7 Å². The minimum absolute atomic E-state index is 0.500. The maximum atomic E-state index is 6.32. The van der Waals surface area contributed by atoms with Gasteiger partial charge in [-0.1, -0.05) is 103 Å². The predicted molar refractivity (Wildman–Crippen MR) is 181 cm³/mol. The van der Waals surface area contributed by atoms with Crippen molar-refractivity contribution in [2.45, 2.75) is 0 Å². The summed E-state index contributed by atoms with van der Waals surface area (Å²) in [5.74, 6) is 0. The smallest absolute Gasteiger partial charge is 0.0709 e. The van der Waals surface area contributed by atoms with Crippen molar-refractivity contribution >= 4 is 60.7 Å². The first-order valence-corrected chi connectivity index (χ1v) is 14.4. The van der Waals surface area contributed by atoms with E-state index in [-0.39, 0.29) is 0 Å². The molecule has 0 N–H and O–H groups in total. The van der Waals surface area contributed by atoms with Crippen molar-refractivity contribution in [3.8, 4) is 22.5 Å². The summed E-state index contributed by atoms with van der Waals surface area (Å²) >= 11 is 0. The van der Waals surface area contributed by atoms with E-state index < -0.39 is 6.04 Å². The average molecular weight is 543 g/mol. The Bertz CT molecular complexity index is 1910. The van der Waals surface area contributed by atoms with Gasteiger partial charge in [-0.25, -0.2) is 0 Å². The van der Waals surface area contributed by atoms with Gasteiger partial charge >= 0.3 is 0 Å². The second-order valence-corrected chi connectivity index (χ2v) is 10.4. The molecule has 6 aromatic carbocycles. The van der Waals surface area contributed by atoms with Crippen molar-refractivity contribution in [1.29, 1.82) is 0 Å². The lowest BCUT2D eigenvalue weighted by molar-refractivity contribution is 1.18. The second kappa shape index (κ2) is 10.8. The van der Waals surface area contributed by atoms with Gasteiger partial charge in [-0.15, -0.1) is 9.24 Å². The Morgan fingerprint density at radius 1 is 0.439 bits per heavy atom. The van der Waals surface area contributed by atoms with Gasteiger partial charge in [0.25, 0.3) is 0 Å². The molecule has 0 amide bonds. The van der Waals surface area contributed by atoms with E-state index in [4.69, 9.17) is 9.22 Å². The van der Waals surface area contributed by atoms with E-state index in [0.717, 1.165) is 0 Å². The topological polar surface area (TPSA) is 9.86 Å². The zero-order valence-corrected chi connectivity index (χ0v) is 23.6. The molecule has 2 aromatic heterocycles. The van der Waals surface area contributed by atoms with Gasteiger partial charge in [0, 0.05) is 34.3 Å². The van der Waals surface area contributed by atoms with Crippen LogP contribution in [0, 0.1) is 0 Å². The van der Waals surface area contributed by atoms with Crippen molar-refractivity contribution in [2.24, 2.45) is 0 Å². The van der Waals surface area contributed by atoms with E-state index in [9.17, 15) is 0 Å².